The molecule has 2 aromatic carbocycles. The van der Waals surface area contributed by atoms with Gasteiger partial charge in [0.2, 0.25) is 10.0 Å². The molecule has 0 aromatic heterocycles. The Morgan fingerprint density at radius 1 is 1.08 bits per heavy atom. The summed E-state index contributed by atoms with van der Waals surface area (Å²) in [6, 6.07) is 15.8. The van der Waals surface area contributed by atoms with Crippen molar-refractivity contribution in [2.45, 2.75) is 25.1 Å². The SMILES string of the molecule is Cc1ccc(CS(=O)(=O)N2CCC(N(C)C)c3ccccc32)cc1. The van der Waals surface area contributed by atoms with Crippen LogP contribution in [-0.4, -0.2) is 34.0 Å². The molecule has 1 aliphatic rings. The monoisotopic (exact) mass is 344 g/mol. The van der Waals surface area contributed by atoms with Gasteiger partial charge in [-0.15, -0.1) is 0 Å². The molecule has 24 heavy (non-hydrogen) atoms. The van der Waals surface area contributed by atoms with Crippen LogP contribution >= 0.6 is 0 Å². The molecule has 5 heteroatoms. The van der Waals surface area contributed by atoms with Gasteiger partial charge in [0.1, 0.15) is 0 Å². The lowest BCUT2D eigenvalue weighted by molar-refractivity contribution is 0.281. The van der Waals surface area contributed by atoms with Gasteiger partial charge >= 0.3 is 0 Å². The average Bonchev–Trinajstić information content (AvgIpc) is 2.55. The Kier molecular flexibility index (Phi) is 4.65. The van der Waals surface area contributed by atoms with Crippen molar-refractivity contribution in [3.05, 3.63) is 65.2 Å². The highest BCUT2D eigenvalue weighted by atomic mass is 32.2. The van der Waals surface area contributed by atoms with Crippen LogP contribution in [0.1, 0.15) is 29.2 Å². The average molecular weight is 344 g/mol. The maximum absolute atomic E-state index is 13.0. The topological polar surface area (TPSA) is 40.6 Å². The van der Waals surface area contributed by atoms with Crippen LogP contribution in [0.15, 0.2) is 48.5 Å². The van der Waals surface area contributed by atoms with Gasteiger partial charge in [-0.05, 0) is 44.6 Å². The number of sulfonamides is 1. The largest absolute Gasteiger partial charge is 0.302 e. The minimum Gasteiger partial charge on any atom is -0.302 e. The first-order chi connectivity index (χ1) is 11.4. The van der Waals surface area contributed by atoms with E-state index in [1.54, 1.807) is 4.31 Å². The fourth-order valence-corrected chi connectivity index (χ4v) is 4.93. The number of hydrogen-bond acceptors (Lipinski definition) is 3. The fraction of sp³-hybridized carbons (Fsp3) is 0.368. The van der Waals surface area contributed by atoms with Gasteiger partial charge in [-0.2, -0.15) is 0 Å². The van der Waals surface area contributed by atoms with E-state index >= 15 is 0 Å². The molecule has 1 unspecified atom stereocenters. The molecule has 128 valence electrons. The van der Waals surface area contributed by atoms with Crippen LogP contribution < -0.4 is 4.31 Å². The van der Waals surface area contributed by atoms with Crippen molar-refractivity contribution in [1.82, 2.24) is 4.90 Å². The predicted octanol–water partition coefficient (Wildman–Crippen LogP) is 3.34. The number of anilines is 1. The molecule has 1 heterocycles. The summed E-state index contributed by atoms with van der Waals surface area (Å²) in [5.74, 6) is 0.0360. The highest BCUT2D eigenvalue weighted by Crippen LogP contribution is 2.38. The van der Waals surface area contributed by atoms with Crippen molar-refractivity contribution < 1.29 is 8.42 Å². The molecule has 0 fully saturated rings. The van der Waals surface area contributed by atoms with E-state index in [1.165, 1.54) is 0 Å². The summed E-state index contributed by atoms with van der Waals surface area (Å²) in [7, 11) is 0.682. The Morgan fingerprint density at radius 3 is 2.42 bits per heavy atom. The zero-order valence-electron chi connectivity index (χ0n) is 14.4. The maximum atomic E-state index is 13.0. The van der Waals surface area contributed by atoms with E-state index in [0.29, 0.717) is 6.54 Å². The Balaban J connectivity index is 1.93. The Hall–Kier alpha value is -1.85. The molecule has 0 spiro atoms. The number of fused-ring (bicyclic) bond motifs is 1. The molecule has 2 aromatic rings. The third-order valence-electron chi connectivity index (χ3n) is 4.60. The van der Waals surface area contributed by atoms with E-state index in [2.05, 4.69) is 4.90 Å². The molecule has 0 N–H and O–H groups in total. The summed E-state index contributed by atoms with van der Waals surface area (Å²) in [5.41, 5.74) is 3.86. The Morgan fingerprint density at radius 2 is 1.75 bits per heavy atom. The molecule has 0 radical (unpaired) electrons. The van der Waals surface area contributed by atoms with E-state index < -0.39 is 10.0 Å². The number of benzene rings is 2. The molecular formula is C19H24N2O2S. The summed E-state index contributed by atoms with van der Waals surface area (Å²) in [6.07, 6.45) is 0.803. The summed E-state index contributed by atoms with van der Waals surface area (Å²) < 4.78 is 27.6. The minimum atomic E-state index is -3.40. The van der Waals surface area contributed by atoms with Crippen molar-refractivity contribution in [3.8, 4) is 0 Å². The second-order valence-electron chi connectivity index (χ2n) is 6.64. The van der Waals surface area contributed by atoms with Crippen LogP contribution in [0, 0.1) is 6.92 Å². The standard InChI is InChI=1S/C19H24N2O2S/c1-15-8-10-16(11-9-15)14-24(22,23)21-13-12-18(20(2)3)17-6-4-5-7-19(17)21/h4-11,18H,12-14H2,1-3H3. The van der Waals surface area contributed by atoms with Gasteiger partial charge in [0, 0.05) is 12.6 Å². The highest BCUT2D eigenvalue weighted by Gasteiger charge is 2.32. The first-order valence-electron chi connectivity index (χ1n) is 8.20. The molecule has 1 aliphatic heterocycles. The van der Waals surface area contributed by atoms with Gasteiger partial charge in [0.25, 0.3) is 0 Å². The minimum absolute atomic E-state index is 0.0360. The number of aryl methyl sites for hydroxylation is 1. The van der Waals surface area contributed by atoms with Crippen LogP contribution in [0.3, 0.4) is 0 Å². The summed E-state index contributed by atoms with van der Waals surface area (Å²) in [4.78, 5) is 2.16. The van der Waals surface area contributed by atoms with E-state index in [4.69, 9.17) is 0 Å². The van der Waals surface area contributed by atoms with E-state index in [9.17, 15) is 8.42 Å². The van der Waals surface area contributed by atoms with E-state index in [1.807, 2.05) is 69.6 Å². The first-order valence-corrected chi connectivity index (χ1v) is 9.81. The molecule has 0 amide bonds. The highest BCUT2D eigenvalue weighted by molar-refractivity contribution is 7.92. The van der Waals surface area contributed by atoms with Crippen LogP contribution in [0.25, 0.3) is 0 Å². The van der Waals surface area contributed by atoms with Gasteiger partial charge < -0.3 is 4.90 Å². The molecule has 0 saturated carbocycles. The second-order valence-corrected chi connectivity index (χ2v) is 8.53. The maximum Gasteiger partial charge on any atom is 0.239 e. The molecule has 0 saturated heterocycles. The van der Waals surface area contributed by atoms with Gasteiger partial charge in [-0.3, -0.25) is 4.31 Å². The van der Waals surface area contributed by atoms with E-state index in [0.717, 1.165) is 28.8 Å². The molecular weight excluding hydrogens is 320 g/mol. The van der Waals surface area contributed by atoms with Crippen LogP contribution in [0.4, 0.5) is 5.69 Å². The lowest BCUT2D eigenvalue weighted by atomic mass is 9.97. The van der Waals surface area contributed by atoms with Crippen LogP contribution in [0.5, 0.6) is 0 Å². The number of para-hydroxylation sites is 1. The summed E-state index contributed by atoms with van der Waals surface area (Å²) in [5, 5.41) is 0. The van der Waals surface area contributed by atoms with Crippen molar-refractivity contribution >= 4 is 15.7 Å². The first kappa shape index (κ1) is 17.0. The molecule has 0 aliphatic carbocycles. The Bertz CT molecular complexity index is 814. The number of nitrogens with zero attached hydrogens (tertiary/aromatic N) is 2. The zero-order chi connectivity index (χ0) is 17.3. The van der Waals surface area contributed by atoms with Gasteiger partial charge in [-0.1, -0.05) is 48.0 Å². The second kappa shape index (κ2) is 6.57. The molecule has 1 atom stereocenters. The lowest BCUT2D eigenvalue weighted by Crippen LogP contribution is -2.40. The normalized spacial score (nSPS) is 17.8. The van der Waals surface area contributed by atoms with Crippen molar-refractivity contribution in [3.63, 3.8) is 0 Å². The third kappa shape index (κ3) is 3.32. The van der Waals surface area contributed by atoms with Gasteiger partial charge in [0.05, 0.1) is 11.4 Å². The summed E-state index contributed by atoms with van der Waals surface area (Å²) >= 11 is 0. The molecule has 0 bridgehead atoms. The van der Waals surface area contributed by atoms with Gasteiger partial charge in [-0.25, -0.2) is 8.42 Å². The van der Waals surface area contributed by atoms with Gasteiger partial charge in [0.15, 0.2) is 0 Å². The van der Waals surface area contributed by atoms with E-state index in [-0.39, 0.29) is 11.8 Å². The lowest BCUT2D eigenvalue weighted by Gasteiger charge is -2.37. The quantitative estimate of drug-likeness (QED) is 0.854. The van der Waals surface area contributed by atoms with Crippen molar-refractivity contribution in [2.24, 2.45) is 0 Å². The summed E-state index contributed by atoms with van der Waals surface area (Å²) in [6.45, 7) is 2.52. The van der Waals surface area contributed by atoms with Crippen molar-refractivity contribution in [1.29, 1.82) is 0 Å². The fourth-order valence-electron chi connectivity index (χ4n) is 3.31. The van der Waals surface area contributed by atoms with Crippen molar-refractivity contribution in [2.75, 3.05) is 24.9 Å². The number of hydrogen-bond donors (Lipinski definition) is 0. The smallest absolute Gasteiger partial charge is 0.239 e. The van der Waals surface area contributed by atoms with Crippen LogP contribution in [0.2, 0.25) is 0 Å². The third-order valence-corrected chi connectivity index (χ3v) is 6.35. The molecule has 3 rings (SSSR count). The Labute approximate surface area is 144 Å². The number of rotatable bonds is 4. The van der Waals surface area contributed by atoms with Crippen LogP contribution in [-0.2, 0) is 15.8 Å². The predicted molar refractivity (Wildman–Crippen MR) is 98.6 cm³/mol. The zero-order valence-corrected chi connectivity index (χ0v) is 15.3. The molecule has 4 nitrogen and oxygen atoms in total.